The highest BCUT2D eigenvalue weighted by atomic mass is 35.5. The molecule has 0 spiro atoms. The van der Waals surface area contributed by atoms with Crippen LogP contribution in [-0.4, -0.2) is 48.7 Å². The van der Waals surface area contributed by atoms with Gasteiger partial charge in [0.2, 0.25) is 17.7 Å². The first kappa shape index (κ1) is 24.0. The number of hydrogen-bond acceptors (Lipinski definition) is 6. The molecule has 172 valence electrons. The second kappa shape index (κ2) is 11.3. The minimum Gasteiger partial charge on any atom is -0.376 e. The number of rotatable bonds is 9. The van der Waals surface area contributed by atoms with Gasteiger partial charge in [-0.2, -0.15) is 0 Å². The molecule has 1 fully saturated rings. The molecule has 1 aliphatic heterocycles. The molecule has 1 aromatic heterocycles. The van der Waals surface area contributed by atoms with Crippen LogP contribution < -0.4 is 15.5 Å². The summed E-state index contributed by atoms with van der Waals surface area (Å²) in [7, 11) is 0. The van der Waals surface area contributed by atoms with Crippen molar-refractivity contribution in [2.75, 3.05) is 29.9 Å². The van der Waals surface area contributed by atoms with E-state index >= 15 is 0 Å². The number of amides is 3. The number of ether oxygens (including phenoxy) is 1. The monoisotopic (exact) mass is 482 g/mol. The van der Waals surface area contributed by atoms with Gasteiger partial charge in [0, 0.05) is 37.7 Å². The lowest BCUT2D eigenvalue weighted by atomic mass is 10.2. The van der Waals surface area contributed by atoms with Gasteiger partial charge >= 0.3 is 0 Å². The third-order valence-corrected chi connectivity index (χ3v) is 5.55. The van der Waals surface area contributed by atoms with Crippen LogP contribution >= 0.6 is 23.2 Å². The molecule has 9 nitrogen and oxygen atoms in total. The van der Waals surface area contributed by atoms with E-state index in [9.17, 15) is 14.4 Å². The molecule has 3 rings (SSSR count). The van der Waals surface area contributed by atoms with Crippen LogP contribution in [0.1, 0.15) is 31.4 Å². The molecule has 1 aliphatic rings. The Bertz CT molecular complexity index is 975. The van der Waals surface area contributed by atoms with Crippen LogP contribution in [0.2, 0.25) is 10.0 Å². The molecule has 1 atom stereocenters. The Labute approximate surface area is 195 Å². The second-order valence-electron chi connectivity index (χ2n) is 7.39. The van der Waals surface area contributed by atoms with E-state index in [0.29, 0.717) is 34.6 Å². The molecular formula is C21H24Cl2N4O5. The molecule has 0 bridgehead atoms. The van der Waals surface area contributed by atoms with Crippen LogP contribution in [-0.2, 0) is 19.1 Å². The van der Waals surface area contributed by atoms with Gasteiger partial charge in [0.15, 0.2) is 5.82 Å². The summed E-state index contributed by atoms with van der Waals surface area (Å²) in [5, 5.41) is 9.95. The third-order valence-electron chi connectivity index (χ3n) is 4.82. The van der Waals surface area contributed by atoms with Crippen molar-refractivity contribution in [3.63, 3.8) is 0 Å². The van der Waals surface area contributed by atoms with Crippen LogP contribution in [0.4, 0.5) is 11.5 Å². The van der Waals surface area contributed by atoms with Crippen molar-refractivity contribution in [1.29, 1.82) is 0 Å². The molecule has 32 heavy (non-hydrogen) atoms. The highest BCUT2D eigenvalue weighted by Crippen LogP contribution is 2.25. The van der Waals surface area contributed by atoms with Crippen molar-refractivity contribution in [3.05, 3.63) is 40.1 Å². The van der Waals surface area contributed by atoms with E-state index in [1.165, 1.54) is 11.0 Å². The van der Waals surface area contributed by atoms with Crippen LogP contribution in [0.15, 0.2) is 28.8 Å². The fourth-order valence-electron chi connectivity index (χ4n) is 3.16. The van der Waals surface area contributed by atoms with Gasteiger partial charge in [0.1, 0.15) is 12.3 Å². The summed E-state index contributed by atoms with van der Waals surface area (Å²) in [6.45, 7) is 2.51. The molecule has 2 N–H and O–H groups in total. The Morgan fingerprint density at radius 3 is 2.62 bits per heavy atom. The fourth-order valence-corrected chi connectivity index (χ4v) is 3.46. The van der Waals surface area contributed by atoms with Gasteiger partial charge in [-0.05, 0) is 38.0 Å². The summed E-state index contributed by atoms with van der Waals surface area (Å²) in [5.74, 6) is -0.458. The lowest BCUT2D eigenvalue weighted by Crippen LogP contribution is -2.43. The van der Waals surface area contributed by atoms with E-state index in [1.54, 1.807) is 25.1 Å². The second-order valence-corrected chi connectivity index (χ2v) is 8.21. The van der Waals surface area contributed by atoms with Crippen molar-refractivity contribution >= 4 is 52.4 Å². The number of nitrogens with zero attached hydrogens (tertiary/aromatic N) is 2. The van der Waals surface area contributed by atoms with Gasteiger partial charge in [0.25, 0.3) is 0 Å². The summed E-state index contributed by atoms with van der Waals surface area (Å²) in [6.07, 6.45) is 1.62. The number of carbonyl (C=O) groups is 3. The van der Waals surface area contributed by atoms with Crippen molar-refractivity contribution < 1.29 is 23.6 Å². The average Bonchev–Trinajstić information content (AvgIpc) is 3.43. The molecule has 3 amide bonds. The van der Waals surface area contributed by atoms with Gasteiger partial charge in [-0.15, -0.1) is 0 Å². The largest absolute Gasteiger partial charge is 0.376 e. The minimum absolute atomic E-state index is 0.0116. The van der Waals surface area contributed by atoms with Crippen LogP contribution in [0.3, 0.4) is 0 Å². The average molecular weight is 483 g/mol. The predicted octanol–water partition coefficient (Wildman–Crippen LogP) is 3.34. The molecule has 0 saturated carbocycles. The number of aromatic nitrogens is 1. The number of halogens is 2. The van der Waals surface area contributed by atoms with E-state index in [1.807, 2.05) is 0 Å². The smallest absolute Gasteiger partial charge is 0.240 e. The lowest BCUT2D eigenvalue weighted by Gasteiger charge is -2.20. The number of aryl methyl sites for hydroxylation is 1. The zero-order valence-electron chi connectivity index (χ0n) is 17.5. The maximum Gasteiger partial charge on any atom is 0.240 e. The molecule has 0 radical (unpaired) electrons. The molecule has 11 heteroatoms. The standard InChI is InChI=1S/C21H24Cl2N4O5/c1-13-9-18(26-32-13)27(12-20(29)24-11-15-3-2-8-31-15)21(30)7-6-19(28)25-14-4-5-16(22)17(23)10-14/h4-5,9-10,15H,2-3,6-8,11-12H2,1H3,(H,24,29)(H,25,28)/t15-/m1/s1. The lowest BCUT2D eigenvalue weighted by molar-refractivity contribution is -0.125. The first-order valence-corrected chi connectivity index (χ1v) is 10.9. The Morgan fingerprint density at radius 2 is 1.97 bits per heavy atom. The molecule has 2 aromatic rings. The number of nitrogens with one attached hydrogen (secondary N) is 2. The van der Waals surface area contributed by atoms with E-state index < -0.39 is 5.91 Å². The molecule has 0 unspecified atom stereocenters. The van der Waals surface area contributed by atoms with Gasteiger partial charge in [0.05, 0.1) is 16.1 Å². The Hall–Kier alpha value is -2.62. The van der Waals surface area contributed by atoms with Crippen molar-refractivity contribution in [2.45, 2.75) is 38.7 Å². The zero-order chi connectivity index (χ0) is 23.1. The van der Waals surface area contributed by atoms with E-state index in [-0.39, 0.29) is 43.1 Å². The highest BCUT2D eigenvalue weighted by molar-refractivity contribution is 6.42. The molecule has 2 heterocycles. The summed E-state index contributed by atoms with van der Waals surface area (Å²) >= 11 is 11.8. The van der Waals surface area contributed by atoms with E-state index in [4.69, 9.17) is 32.5 Å². The Kier molecular flexibility index (Phi) is 8.49. The number of hydrogen-bond donors (Lipinski definition) is 2. The number of anilines is 2. The summed E-state index contributed by atoms with van der Waals surface area (Å²) in [6, 6.07) is 6.25. The van der Waals surface area contributed by atoms with E-state index in [2.05, 4.69) is 15.8 Å². The van der Waals surface area contributed by atoms with Crippen LogP contribution in [0.25, 0.3) is 0 Å². The summed E-state index contributed by atoms with van der Waals surface area (Å²) in [4.78, 5) is 38.7. The SMILES string of the molecule is Cc1cc(N(CC(=O)NC[C@H]2CCCO2)C(=O)CCC(=O)Nc2ccc(Cl)c(Cl)c2)no1. The molecule has 1 aromatic carbocycles. The zero-order valence-corrected chi connectivity index (χ0v) is 19.0. The number of carbonyl (C=O) groups excluding carboxylic acids is 3. The summed E-state index contributed by atoms with van der Waals surface area (Å²) in [5.41, 5.74) is 0.467. The van der Waals surface area contributed by atoms with E-state index in [0.717, 1.165) is 12.8 Å². The van der Waals surface area contributed by atoms with Crippen LogP contribution in [0.5, 0.6) is 0 Å². The minimum atomic E-state index is -0.435. The maximum absolute atomic E-state index is 12.8. The highest BCUT2D eigenvalue weighted by Gasteiger charge is 2.24. The fraction of sp³-hybridized carbons (Fsp3) is 0.429. The first-order chi connectivity index (χ1) is 15.3. The third kappa shape index (κ3) is 6.94. The van der Waals surface area contributed by atoms with Crippen molar-refractivity contribution in [2.24, 2.45) is 0 Å². The van der Waals surface area contributed by atoms with Gasteiger partial charge < -0.3 is 19.9 Å². The topological polar surface area (TPSA) is 114 Å². The summed E-state index contributed by atoms with van der Waals surface area (Å²) < 4.78 is 10.5. The van der Waals surface area contributed by atoms with Crippen molar-refractivity contribution in [1.82, 2.24) is 10.5 Å². The maximum atomic E-state index is 12.8. The Balaban J connectivity index is 1.56. The van der Waals surface area contributed by atoms with Gasteiger partial charge in [-0.3, -0.25) is 19.3 Å². The predicted molar refractivity (Wildman–Crippen MR) is 120 cm³/mol. The quantitative estimate of drug-likeness (QED) is 0.566. The Morgan fingerprint density at radius 1 is 1.16 bits per heavy atom. The number of benzene rings is 1. The molecule has 0 aliphatic carbocycles. The molecule has 1 saturated heterocycles. The molecular weight excluding hydrogens is 459 g/mol. The normalized spacial score (nSPS) is 15.4. The first-order valence-electron chi connectivity index (χ1n) is 10.2. The van der Waals surface area contributed by atoms with Gasteiger partial charge in [-0.1, -0.05) is 28.4 Å². The van der Waals surface area contributed by atoms with Gasteiger partial charge in [-0.25, -0.2) is 0 Å². The van der Waals surface area contributed by atoms with Crippen LogP contribution in [0, 0.1) is 6.92 Å². The van der Waals surface area contributed by atoms with Crippen molar-refractivity contribution in [3.8, 4) is 0 Å².